The van der Waals surface area contributed by atoms with Gasteiger partial charge in [0, 0.05) is 6.04 Å². The summed E-state index contributed by atoms with van der Waals surface area (Å²) in [6.45, 7) is 7.40. The van der Waals surface area contributed by atoms with Gasteiger partial charge in [-0.1, -0.05) is 32.6 Å². The van der Waals surface area contributed by atoms with Crippen molar-refractivity contribution in [1.82, 2.24) is 5.32 Å². The molecule has 0 aromatic carbocycles. The zero-order valence-electron chi connectivity index (χ0n) is 10.8. The fraction of sp³-hybridized carbons (Fsp3) is 1.00. The van der Waals surface area contributed by atoms with E-state index in [0.29, 0.717) is 6.04 Å². The lowest BCUT2D eigenvalue weighted by Gasteiger charge is -2.13. The topological polar surface area (TPSA) is 32.3 Å². The van der Waals surface area contributed by atoms with Crippen LogP contribution in [0.25, 0.3) is 0 Å². The Hall–Kier alpha value is -0.0800. The predicted molar refractivity (Wildman–Crippen MR) is 67.1 cm³/mol. The zero-order valence-corrected chi connectivity index (χ0v) is 10.8. The van der Waals surface area contributed by atoms with Crippen LogP contribution in [0.5, 0.6) is 0 Å². The summed E-state index contributed by atoms with van der Waals surface area (Å²) in [5.74, 6) is 0. The van der Waals surface area contributed by atoms with E-state index in [-0.39, 0.29) is 6.10 Å². The minimum absolute atomic E-state index is 0.147. The molecule has 0 spiro atoms. The van der Waals surface area contributed by atoms with Crippen LogP contribution in [-0.2, 0) is 0 Å². The van der Waals surface area contributed by atoms with Gasteiger partial charge in [-0.25, -0.2) is 0 Å². The molecule has 0 saturated carbocycles. The van der Waals surface area contributed by atoms with Gasteiger partial charge in [-0.05, 0) is 39.7 Å². The second-order valence-corrected chi connectivity index (χ2v) is 4.70. The molecule has 2 N–H and O–H groups in total. The molecule has 0 saturated heterocycles. The molecule has 92 valence electrons. The number of nitrogens with one attached hydrogen (secondary N) is 1. The van der Waals surface area contributed by atoms with Gasteiger partial charge in [-0.3, -0.25) is 0 Å². The van der Waals surface area contributed by atoms with Crippen molar-refractivity contribution in [3.63, 3.8) is 0 Å². The van der Waals surface area contributed by atoms with Crippen molar-refractivity contribution in [2.24, 2.45) is 0 Å². The van der Waals surface area contributed by atoms with Crippen LogP contribution in [0.3, 0.4) is 0 Å². The van der Waals surface area contributed by atoms with E-state index in [0.717, 1.165) is 19.4 Å². The monoisotopic (exact) mass is 215 g/mol. The Morgan fingerprint density at radius 2 is 1.73 bits per heavy atom. The van der Waals surface area contributed by atoms with Crippen LogP contribution in [0.15, 0.2) is 0 Å². The van der Waals surface area contributed by atoms with Crippen molar-refractivity contribution >= 4 is 0 Å². The molecule has 2 nitrogen and oxygen atoms in total. The number of hydrogen-bond acceptors (Lipinski definition) is 2. The highest BCUT2D eigenvalue weighted by atomic mass is 16.3. The minimum Gasteiger partial charge on any atom is -0.393 e. The summed E-state index contributed by atoms with van der Waals surface area (Å²) in [4.78, 5) is 0. The van der Waals surface area contributed by atoms with E-state index in [1.54, 1.807) is 0 Å². The first-order valence-electron chi connectivity index (χ1n) is 6.58. The largest absolute Gasteiger partial charge is 0.393 e. The summed E-state index contributed by atoms with van der Waals surface area (Å²) in [6, 6.07) is 0.635. The maximum Gasteiger partial charge on any atom is 0.0512 e. The van der Waals surface area contributed by atoms with Crippen molar-refractivity contribution < 1.29 is 5.11 Å². The van der Waals surface area contributed by atoms with Gasteiger partial charge in [0.25, 0.3) is 0 Å². The molecule has 0 fully saturated rings. The third kappa shape index (κ3) is 11.8. The number of unbranched alkanes of at least 4 members (excludes halogenated alkanes) is 3. The van der Waals surface area contributed by atoms with Gasteiger partial charge in [0.2, 0.25) is 0 Å². The minimum atomic E-state index is -0.147. The summed E-state index contributed by atoms with van der Waals surface area (Å²) in [7, 11) is 0. The van der Waals surface area contributed by atoms with Crippen molar-refractivity contribution in [2.75, 3.05) is 6.54 Å². The highest BCUT2D eigenvalue weighted by Crippen LogP contribution is 2.05. The van der Waals surface area contributed by atoms with Gasteiger partial charge in [0.15, 0.2) is 0 Å². The molecule has 15 heavy (non-hydrogen) atoms. The summed E-state index contributed by atoms with van der Waals surface area (Å²) in [6.07, 6.45) is 8.53. The number of hydrogen-bond donors (Lipinski definition) is 2. The van der Waals surface area contributed by atoms with Gasteiger partial charge in [-0.2, -0.15) is 0 Å². The average Bonchev–Trinajstić information content (AvgIpc) is 2.19. The summed E-state index contributed by atoms with van der Waals surface area (Å²) in [5, 5.41) is 12.6. The van der Waals surface area contributed by atoms with E-state index in [1.165, 1.54) is 32.1 Å². The van der Waals surface area contributed by atoms with Crippen LogP contribution in [0, 0.1) is 0 Å². The molecule has 0 amide bonds. The molecule has 0 aliphatic rings. The van der Waals surface area contributed by atoms with E-state index in [4.69, 9.17) is 5.11 Å². The highest BCUT2D eigenvalue weighted by molar-refractivity contribution is 4.61. The second-order valence-electron chi connectivity index (χ2n) is 4.70. The molecule has 0 aromatic rings. The van der Waals surface area contributed by atoms with E-state index < -0.39 is 0 Å². The first-order chi connectivity index (χ1) is 7.16. The van der Waals surface area contributed by atoms with Crippen LogP contribution in [0.4, 0.5) is 0 Å². The van der Waals surface area contributed by atoms with Gasteiger partial charge in [0.05, 0.1) is 6.10 Å². The molecule has 2 unspecified atom stereocenters. The Bertz CT molecular complexity index is 126. The first kappa shape index (κ1) is 14.9. The van der Waals surface area contributed by atoms with Crippen molar-refractivity contribution in [3.05, 3.63) is 0 Å². The van der Waals surface area contributed by atoms with Crippen molar-refractivity contribution in [1.29, 1.82) is 0 Å². The quantitative estimate of drug-likeness (QED) is 0.549. The van der Waals surface area contributed by atoms with E-state index >= 15 is 0 Å². The zero-order chi connectivity index (χ0) is 11.5. The van der Waals surface area contributed by atoms with E-state index in [1.807, 2.05) is 6.92 Å². The van der Waals surface area contributed by atoms with Gasteiger partial charge in [-0.15, -0.1) is 0 Å². The Labute approximate surface area is 95.5 Å². The third-order valence-corrected chi connectivity index (χ3v) is 2.78. The molecule has 2 atom stereocenters. The Kier molecular flexibility index (Phi) is 10.4. The van der Waals surface area contributed by atoms with Crippen LogP contribution in [-0.4, -0.2) is 23.8 Å². The lowest BCUT2D eigenvalue weighted by Crippen LogP contribution is -2.27. The average molecular weight is 215 g/mol. The molecule has 0 radical (unpaired) electrons. The van der Waals surface area contributed by atoms with E-state index in [9.17, 15) is 0 Å². The molecular weight excluding hydrogens is 186 g/mol. The number of aliphatic hydroxyl groups excluding tert-OH is 1. The molecule has 0 aliphatic carbocycles. The lowest BCUT2D eigenvalue weighted by molar-refractivity contribution is 0.181. The Morgan fingerprint density at radius 3 is 2.33 bits per heavy atom. The van der Waals surface area contributed by atoms with E-state index in [2.05, 4.69) is 19.2 Å². The summed E-state index contributed by atoms with van der Waals surface area (Å²) < 4.78 is 0. The fourth-order valence-corrected chi connectivity index (χ4v) is 1.73. The Balaban J connectivity index is 3.15. The van der Waals surface area contributed by atoms with Crippen LogP contribution in [0.2, 0.25) is 0 Å². The normalized spacial score (nSPS) is 15.2. The third-order valence-electron chi connectivity index (χ3n) is 2.78. The Morgan fingerprint density at radius 1 is 1.00 bits per heavy atom. The molecule has 0 aliphatic heterocycles. The molecule has 0 aromatic heterocycles. The van der Waals surface area contributed by atoms with Gasteiger partial charge in [0.1, 0.15) is 0 Å². The molecule has 0 bridgehead atoms. The fourth-order valence-electron chi connectivity index (χ4n) is 1.73. The lowest BCUT2D eigenvalue weighted by atomic mass is 10.1. The van der Waals surface area contributed by atoms with Crippen molar-refractivity contribution in [2.45, 2.75) is 77.9 Å². The van der Waals surface area contributed by atoms with Crippen LogP contribution in [0.1, 0.15) is 65.7 Å². The molecular formula is C13H29NO. The van der Waals surface area contributed by atoms with Gasteiger partial charge < -0.3 is 10.4 Å². The number of rotatable bonds is 10. The second kappa shape index (κ2) is 10.4. The molecule has 0 rings (SSSR count). The smallest absolute Gasteiger partial charge is 0.0512 e. The maximum atomic E-state index is 9.09. The van der Waals surface area contributed by atoms with Gasteiger partial charge >= 0.3 is 0 Å². The predicted octanol–water partition coefficient (Wildman–Crippen LogP) is 3.10. The van der Waals surface area contributed by atoms with Crippen molar-refractivity contribution in [3.8, 4) is 0 Å². The summed E-state index contributed by atoms with van der Waals surface area (Å²) >= 11 is 0. The SMILES string of the molecule is CCCCCCC(C)NCCCC(C)O. The maximum absolute atomic E-state index is 9.09. The highest BCUT2D eigenvalue weighted by Gasteiger charge is 2.01. The molecule has 0 heterocycles. The van der Waals surface area contributed by atoms with Crippen LogP contribution < -0.4 is 5.32 Å². The van der Waals surface area contributed by atoms with Crippen LogP contribution >= 0.6 is 0 Å². The summed E-state index contributed by atoms with van der Waals surface area (Å²) in [5.41, 5.74) is 0. The standard InChI is InChI=1S/C13H29NO/c1-4-5-6-7-9-12(2)14-11-8-10-13(3)15/h12-15H,4-11H2,1-3H3. The first-order valence-corrected chi connectivity index (χ1v) is 6.58. The molecule has 2 heteroatoms. The number of aliphatic hydroxyl groups is 1.